The summed E-state index contributed by atoms with van der Waals surface area (Å²) in [4.78, 5) is 25.6. The van der Waals surface area contributed by atoms with E-state index in [-0.39, 0.29) is 23.2 Å². The molecule has 0 saturated heterocycles. The topological polar surface area (TPSA) is 76.0 Å². The van der Waals surface area contributed by atoms with E-state index < -0.39 is 28.8 Å². The van der Waals surface area contributed by atoms with Gasteiger partial charge in [-0.2, -0.15) is 13.2 Å². The average molecular weight is 310 g/mol. The Labute approximate surface area is 123 Å². The van der Waals surface area contributed by atoms with Gasteiger partial charge >= 0.3 is 6.18 Å². The molecule has 0 aliphatic heterocycles. The summed E-state index contributed by atoms with van der Waals surface area (Å²) in [5.41, 5.74) is 3.42. The van der Waals surface area contributed by atoms with Gasteiger partial charge in [0.2, 0.25) is 5.91 Å². The summed E-state index contributed by atoms with van der Waals surface area (Å²) in [6.07, 6.45) is -4.99. The number of aromatic amines is 1. The largest absolute Gasteiger partial charge is 0.416 e. The Bertz CT molecular complexity index is 779. The molecule has 1 aromatic heterocycles. The Balaban J connectivity index is 2.60. The van der Waals surface area contributed by atoms with Crippen molar-refractivity contribution < 1.29 is 18.0 Å². The number of H-pyrrole nitrogens is 1. The second kappa shape index (κ2) is 5.67. The molecule has 0 bridgehead atoms. The van der Waals surface area contributed by atoms with E-state index in [0.29, 0.717) is 0 Å². The minimum atomic E-state index is -4.66. The fraction of sp³-hybridized carbons (Fsp3) is 0.200. The summed E-state index contributed by atoms with van der Waals surface area (Å²) < 4.78 is 39.4. The fourth-order valence-electron chi connectivity index (χ4n) is 2.25. The Kier molecular flexibility index (Phi) is 4.07. The van der Waals surface area contributed by atoms with Gasteiger partial charge < -0.3 is 10.7 Å². The third-order valence-corrected chi connectivity index (χ3v) is 3.23. The van der Waals surface area contributed by atoms with Gasteiger partial charge in [-0.3, -0.25) is 9.59 Å². The van der Waals surface area contributed by atoms with Crippen LogP contribution in [0.1, 0.15) is 32.7 Å². The molecule has 116 valence electrons. The van der Waals surface area contributed by atoms with E-state index in [2.05, 4.69) is 4.98 Å². The number of halogens is 3. The number of nitrogens with two attached hydrogens (primary N) is 1. The lowest BCUT2D eigenvalue weighted by Gasteiger charge is -2.14. The summed E-state index contributed by atoms with van der Waals surface area (Å²) >= 11 is 0. The monoisotopic (exact) mass is 310 g/mol. The maximum absolute atomic E-state index is 13.1. The number of aryl methyl sites for hydroxylation is 1. The molecule has 4 nitrogen and oxygen atoms in total. The van der Waals surface area contributed by atoms with E-state index in [9.17, 15) is 22.8 Å². The lowest BCUT2D eigenvalue weighted by atomic mass is 9.96. The van der Waals surface area contributed by atoms with Crippen LogP contribution >= 0.6 is 0 Å². The van der Waals surface area contributed by atoms with Crippen LogP contribution in [0.15, 0.2) is 35.1 Å². The molecule has 2 aromatic rings. The molecular formula is C15H13F3N2O2. The first kappa shape index (κ1) is 15.8. The van der Waals surface area contributed by atoms with Crippen molar-refractivity contribution in [2.24, 2.45) is 5.73 Å². The number of primary amides is 1. The summed E-state index contributed by atoms with van der Waals surface area (Å²) in [7, 11) is 0. The first-order chi connectivity index (χ1) is 10.2. The third-order valence-electron chi connectivity index (χ3n) is 3.23. The SMILES string of the molecule is Cc1cc(C(F)(F)F)c(Cc2ccccc2C(N)=O)c(=O)[nH]1. The maximum atomic E-state index is 13.1. The minimum Gasteiger partial charge on any atom is -0.366 e. The lowest BCUT2D eigenvalue weighted by molar-refractivity contribution is -0.138. The van der Waals surface area contributed by atoms with Crippen LogP contribution in [0, 0.1) is 6.92 Å². The smallest absolute Gasteiger partial charge is 0.366 e. The number of amides is 1. The van der Waals surface area contributed by atoms with Crippen molar-refractivity contribution in [2.75, 3.05) is 0 Å². The number of carbonyl (C=O) groups excluding carboxylic acids is 1. The summed E-state index contributed by atoms with van der Waals surface area (Å²) in [5.74, 6) is -0.757. The first-order valence-electron chi connectivity index (χ1n) is 6.38. The van der Waals surface area contributed by atoms with Crippen molar-refractivity contribution in [3.63, 3.8) is 0 Å². The number of pyridine rings is 1. The molecule has 22 heavy (non-hydrogen) atoms. The number of hydrogen-bond donors (Lipinski definition) is 2. The zero-order valence-corrected chi connectivity index (χ0v) is 11.6. The molecule has 0 aliphatic carbocycles. The van der Waals surface area contributed by atoms with Crippen molar-refractivity contribution in [2.45, 2.75) is 19.5 Å². The summed E-state index contributed by atoms with van der Waals surface area (Å²) in [6, 6.07) is 6.88. The molecule has 1 aromatic carbocycles. The zero-order valence-electron chi connectivity index (χ0n) is 11.6. The van der Waals surface area contributed by atoms with E-state index in [0.717, 1.165) is 6.07 Å². The van der Waals surface area contributed by atoms with Crippen LogP contribution in [0.4, 0.5) is 13.2 Å². The predicted molar refractivity (Wildman–Crippen MR) is 74.6 cm³/mol. The van der Waals surface area contributed by atoms with Gasteiger partial charge in [0.15, 0.2) is 0 Å². The molecule has 1 amide bonds. The maximum Gasteiger partial charge on any atom is 0.416 e. The average Bonchev–Trinajstić information content (AvgIpc) is 2.40. The highest BCUT2D eigenvalue weighted by Gasteiger charge is 2.35. The van der Waals surface area contributed by atoms with Gasteiger partial charge in [-0.25, -0.2) is 0 Å². The quantitative estimate of drug-likeness (QED) is 0.913. The van der Waals surface area contributed by atoms with Crippen LogP contribution in [0.5, 0.6) is 0 Å². The summed E-state index contributed by atoms with van der Waals surface area (Å²) in [6.45, 7) is 1.37. The number of nitrogens with one attached hydrogen (secondary N) is 1. The molecule has 0 fully saturated rings. The predicted octanol–water partition coefficient (Wildman–Crippen LogP) is 2.39. The molecule has 0 radical (unpaired) electrons. The van der Waals surface area contributed by atoms with Gasteiger partial charge in [0.1, 0.15) is 0 Å². The molecule has 7 heteroatoms. The number of rotatable bonds is 3. The Morgan fingerprint density at radius 2 is 1.91 bits per heavy atom. The van der Waals surface area contributed by atoms with E-state index in [4.69, 9.17) is 5.73 Å². The van der Waals surface area contributed by atoms with Crippen molar-refractivity contribution >= 4 is 5.91 Å². The van der Waals surface area contributed by atoms with Gasteiger partial charge in [0, 0.05) is 23.2 Å². The van der Waals surface area contributed by atoms with Crippen LogP contribution in [-0.4, -0.2) is 10.9 Å². The van der Waals surface area contributed by atoms with Crippen molar-refractivity contribution in [1.29, 1.82) is 0 Å². The van der Waals surface area contributed by atoms with Crippen LogP contribution in [-0.2, 0) is 12.6 Å². The minimum absolute atomic E-state index is 0.0931. The Hall–Kier alpha value is -2.57. The van der Waals surface area contributed by atoms with Crippen molar-refractivity contribution in [3.05, 3.63) is 68.6 Å². The molecule has 0 spiro atoms. The number of aromatic nitrogens is 1. The highest BCUT2D eigenvalue weighted by molar-refractivity contribution is 5.94. The standard InChI is InChI=1S/C15H13F3N2O2/c1-8-6-12(15(16,17)18)11(14(22)20-8)7-9-4-2-3-5-10(9)13(19)21/h2-6H,7H2,1H3,(H2,19,21)(H,20,22). The van der Waals surface area contributed by atoms with E-state index >= 15 is 0 Å². The number of carbonyl (C=O) groups is 1. The van der Waals surface area contributed by atoms with Crippen molar-refractivity contribution in [3.8, 4) is 0 Å². The molecule has 0 saturated carbocycles. The van der Waals surface area contributed by atoms with Gasteiger partial charge in [-0.05, 0) is 24.6 Å². The molecule has 3 N–H and O–H groups in total. The van der Waals surface area contributed by atoms with Gasteiger partial charge in [0.05, 0.1) is 5.56 Å². The van der Waals surface area contributed by atoms with Crippen LogP contribution in [0.25, 0.3) is 0 Å². The first-order valence-corrected chi connectivity index (χ1v) is 6.38. The second-order valence-electron chi connectivity index (χ2n) is 4.87. The molecular weight excluding hydrogens is 297 g/mol. The van der Waals surface area contributed by atoms with E-state index in [1.807, 2.05) is 0 Å². The molecule has 0 unspecified atom stereocenters. The van der Waals surface area contributed by atoms with E-state index in [1.165, 1.54) is 19.1 Å². The van der Waals surface area contributed by atoms with Crippen LogP contribution in [0.3, 0.4) is 0 Å². The normalized spacial score (nSPS) is 11.5. The van der Waals surface area contributed by atoms with Crippen LogP contribution < -0.4 is 11.3 Å². The third kappa shape index (κ3) is 3.19. The number of alkyl halides is 3. The Morgan fingerprint density at radius 3 is 2.50 bits per heavy atom. The zero-order chi connectivity index (χ0) is 16.5. The Morgan fingerprint density at radius 1 is 1.27 bits per heavy atom. The van der Waals surface area contributed by atoms with Crippen molar-refractivity contribution in [1.82, 2.24) is 4.98 Å². The number of hydrogen-bond acceptors (Lipinski definition) is 2. The molecule has 0 aliphatic rings. The molecule has 0 atom stereocenters. The van der Waals surface area contributed by atoms with Crippen LogP contribution in [0.2, 0.25) is 0 Å². The molecule has 2 rings (SSSR count). The second-order valence-corrected chi connectivity index (χ2v) is 4.87. The van der Waals surface area contributed by atoms with E-state index in [1.54, 1.807) is 12.1 Å². The highest BCUT2D eigenvalue weighted by atomic mass is 19.4. The van der Waals surface area contributed by atoms with Gasteiger partial charge in [-0.15, -0.1) is 0 Å². The number of benzene rings is 1. The highest BCUT2D eigenvalue weighted by Crippen LogP contribution is 2.32. The van der Waals surface area contributed by atoms with Gasteiger partial charge in [0.25, 0.3) is 5.56 Å². The molecule has 1 heterocycles. The fourth-order valence-corrected chi connectivity index (χ4v) is 2.25. The summed E-state index contributed by atoms with van der Waals surface area (Å²) in [5, 5.41) is 0. The lowest BCUT2D eigenvalue weighted by Crippen LogP contribution is -2.23. The van der Waals surface area contributed by atoms with Gasteiger partial charge in [-0.1, -0.05) is 18.2 Å².